The first-order valence-corrected chi connectivity index (χ1v) is 7.47. The molecule has 17 heavy (non-hydrogen) atoms. The molecule has 1 heterocycles. The first-order chi connectivity index (χ1) is 8.09. The molecule has 1 aliphatic rings. The minimum absolute atomic E-state index is 0.362. The summed E-state index contributed by atoms with van der Waals surface area (Å²) in [4.78, 5) is 0. The Morgan fingerprint density at radius 3 is 3.00 bits per heavy atom. The summed E-state index contributed by atoms with van der Waals surface area (Å²) in [7, 11) is 0. The largest absolute Gasteiger partial charge is 0.387 e. The van der Waals surface area contributed by atoms with Gasteiger partial charge in [-0.15, -0.1) is 0 Å². The van der Waals surface area contributed by atoms with E-state index in [1.165, 1.54) is 25.7 Å². The van der Waals surface area contributed by atoms with Gasteiger partial charge < -0.3 is 10.4 Å². The minimum atomic E-state index is -0.362. The van der Waals surface area contributed by atoms with Crippen molar-refractivity contribution in [3.05, 3.63) is 22.4 Å². The van der Waals surface area contributed by atoms with Crippen LogP contribution < -0.4 is 5.32 Å². The van der Waals surface area contributed by atoms with Gasteiger partial charge in [-0.1, -0.05) is 26.7 Å². The summed E-state index contributed by atoms with van der Waals surface area (Å²) in [5.41, 5.74) is 1.41. The van der Waals surface area contributed by atoms with Gasteiger partial charge >= 0.3 is 0 Å². The molecule has 2 N–H and O–H groups in total. The predicted molar refractivity (Wildman–Crippen MR) is 73.3 cm³/mol. The van der Waals surface area contributed by atoms with E-state index in [-0.39, 0.29) is 6.10 Å². The molecule has 1 aromatic rings. The molecule has 0 aliphatic heterocycles. The summed E-state index contributed by atoms with van der Waals surface area (Å²) in [6.45, 7) is 5.34. The van der Waals surface area contributed by atoms with Gasteiger partial charge in [-0.3, -0.25) is 0 Å². The van der Waals surface area contributed by atoms with Crippen LogP contribution in [0.3, 0.4) is 0 Å². The smallest absolute Gasteiger partial charge is 0.0922 e. The molecule has 3 heteroatoms. The fourth-order valence-electron chi connectivity index (χ4n) is 2.71. The van der Waals surface area contributed by atoms with Crippen molar-refractivity contribution in [2.75, 3.05) is 6.54 Å². The summed E-state index contributed by atoms with van der Waals surface area (Å²) in [5, 5.41) is 17.7. The Labute approximate surface area is 108 Å². The summed E-state index contributed by atoms with van der Waals surface area (Å²) >= 11 is 1.64. The lowest BCUT2D eigenvalue weighted by molar-refractivity contribution is 0.127. The van der Waals surface area contributed by atoms with Gasteiger partial charge in [-0.05, 0) is 40.6 Å². The molecule has 2 nitrogen and oxygen atoms in total. The number of hydrogen-bond acceptors (Lipinski definition) is 3. The molecule has 0 amide bonds. The van der Waals surface area contributed by atoms with Crippen molar-refractivity contribution >= 4 is 11.3 Å². The highest BCUT2D eigenvalue weighted by Gasteiger charge is 2.31. The fraction of sp³-hybridized carbons (Fsp3) is 0.714. The number of aliphatic hydroxyl groups excluding tert-OH is 1. The zero-order valence-corrected chi connectivity index (χ0v) is 11.6. The lowest BCUT2D eigenvalue weighted by Crippen LogP contribution is -2.45. The quantitative estimate of drug-likeness (QED) is 0.862. The normalized spacial score (nSPS) is 25.7. The highest BCUT2D eigenvalue weighted by molar-refractivity contribution is 7.07. The number of aliphatic hydroxyl groups is 1. The summed E-state index contributed by atoms with van der Waals surface area (Å²) in [5.74, 6) is 0. The third-order valence-corrected chi connectivity index (χ3v) is 4.69. The molecule has 2 rings (SSSR count). The zero-order valence-electron chi connectivity index (χ0n) is 10.8. The second kappa shape index (κ2) is 5.51. The lowest BCUT2D eigenvalue weighted by atomic mass is 9.73. The molecule has 0 aromatic carbocycles. The Morgan fingerprint density at radius 2 is 2.35 bits per heavy atom. The summed E-state index contributed by atoms with van der Waals surface area (Å²) < 4.78 is 0. The Hall–Kier alpha value is -0.380. The second-order valence-corrected chi connectivity index (χ2v) is 6.55. The van der Waals surface area contributed by atoms with Crippen LogP contribution in [0.1, 0.15) is 51.2 Å². The van der Waals surface area contributed by atoms with Gasteiger partial charge in [0.25, 0.3) is 0 Å². The first kappa shape index (κ1) is 13.1. The highest BCUT2D eigenvalue weighted by Crippen LogP contribution is 2.35. The Morgan fingerprint density at radius 1 is 1.53 bits per heavy atom. The molecule has 96 valence electrons. The predicted octanol–water partition coefficient (Wildman–Crippen LogP) is 3.34. The van der Waals surface area contributed by atoms with Crippen molar-refractivity contribution in [2.24, 2.45) is 5.41 Å². The van der Waals surface area contributed by atoms with Crippen molar-refractivity contribution in [3.63, 3.8) is 0 Å². The van der Waals surface area contributed by atoms with E-state index in [9.17, 15) is 5.11 Å². The van der Waals surface area contributed by atoms with E-state index in [4.69, 9.17) is 0 Å². The molecular weight excluding hydrogens is 230 g/mol. The van der Waals surface area contributed by atoms with E-state index in [0.717, 1.165) is 5.56 Å². The number of thiophene rings is 1. The third-order valence-electron chi connectivity index (χ3n) is 3.99. The van der Waals surface area contributed by atoms with Gasteiger partial charge in [0.15, 0.2) is 0 Å². The maximum Gasteiger partial charge on any atom is 0.0922 e. The van der Waals surface area contributed by atoms with Gasteiger partial charge in [-0.25, -0.2) is 0 Å². The van der Waals surface area contributed by atoms with E-state index in [2.05, 4.69) is 19.2 Å². The topological polar surface area (TPSA) is 32.3 Å². The van der Waals surface area contributed by atoms with Gasteiger partial charge in [-0.2, -0.15) is 11.3 Å². The molecule has 0 radical (unpaired) electrons. The third kappa shape index (κ3) is 3.30. The number of hydrogen-bond donors (Lipinski definition) is 2. The number of rotatable bonds is 4. The van der Waals surface area contributed by atoms with Crippen LogP contribution in [0, 0.1) is 5.41 Å². The molecule has 2 atom stereocenters. The van der Waals surface area contributed by atoms with Gasteiger partial charge in [0.05, 0.1) is 6.10 Å². The first-order valence-electron chi connectivity index (χ1n) is 6.53. The number of nitrogens with one attached hydrogen (secondary N) is 1. The van der Waals surface area contributed by atoms with Crippen LogP contribution in [0.5, 0.6) is 0 Å². The van der Waals surface area contributed by atoms with Crippen LogP contribution in [0.4, 0.5) is 0 Å². The van der Waals surface area contributed by atoms with Crippen LogP contribution in [0.2, 0.25) is 0 Å². The molecule has 0 spiro atoms. The lowest BCUT2D eigenvalue weighted by Gasteiger charge is -2.39. The van der Waals surface area contributed by atoms with Crippen molar-refractivity contribution in [2.45, 2.75) is 51.7 Å². The molecule has 1 fully saturated rings. The van der Waals surface area contributed by atoms with Gasteiger partial charge in [0, 0.05) is 12.6 Å². The minimum Gasteiger partial charge on any atom is -0.387 e. The summed E-state index contributed by atoms with van der Waals surface area (Å²) in [6.07, 6.45) is 4.83. The molecule has 1 aliphatic carbocycles. The molecular formula is C14H23NOS. The van der Waals surface area contributed by atoms with Crippen LogP contribution in [0.15, 0.2) is 16.8 Å². The maximum atomic E-state index is 10.1. The van der Waals surface area contributed by atoms with Crippen molar-refractivity contribution < 1.29 is 5.11 Å². The van der Waals surface area contributed by atoms with Crippen LogP contribution in [-0.4, -0.2) is 17.7 Å². The van der Waals surface area contributed by atoms with Gasteiger partial charge in [0.2, 0.25) is 0 Å². The molecule has 0 saturated heterocycles. The van der Waals surface area contributed by atoms with E-state index >= 15 is 0 Å². The molecule has 1 saturated carbocycles. The standard InChI is InChI=1S/C14H23NOS/c1-14(2)7-4-3-5-13(14)15-9-12(16)11-6-8-17-10-11/h6,8,10,12-13,15-16H,3-5,7,9H2,1-2H3. The monoisotopic (exact) mass is 253 g/mol. The van der Waals surface area contributed by atoms with E-state index in [1.54, 1.807) is 11.3 Å². The maximum absolute atomic E-state index is 10.1. The highest BCUT2D eigenvalue weighted by atomic mass is 32.1. The fourth-order valence-corrected chi connectivity index (χ4v) is 3.42. The molecule has 0 bridgehead atoms. The Bertz CT molecular complexity index is 334. The van der Waals surface area contributed by atoms with E-state index in [1.807, 2.05) is 16.8 Å². The molecule has 1 aromatic heterocycles. The van der Waals surface area contributed by atoms with Crippen molar-refractivity contribution in [3.8, 4) is 0 Å². The van der Waals surface area contributed by atoms with Crippen LogP contribution >= 0.6 is 11.3 Å². The molecule has 2 unspecified atom stereocenters. The van der Waals surface area contributed by atoms with E-state index in [0.29, 0.717) is 18.0 Å². The SMILES string of the molecule is CC1(C)CCCCC1NCC(O)c1ccsc1. The van der Waals surface area contributed by atoms with Crippen LogP contribution in [0.25, 0.3) is 0 Å². The van der Waals surface area contributed by atoms with Crippen molar-refractivity contribution in [1.29, 1.82) is 0 Å². The van der Waals surface area contributed by atoms with E-state index < -0.39 is 0 Å². The Balaban J connectivity index is 1.85. The van der Waals surface area contributed by atoms with Crippen molar-refractivity contribution in [1.82, 2.24) is 5.32 Å². The van der Waals surface area contributed by atoms with Crippen LogP contribution in [-0.2, 0) is 0 Å². The average molecular weight is 253 g/mol. The van der Waals surface area contributed by atoms with Gasteiger partial charge in [0.1, 0.15) is 0 Å². The Kier molecular flexibility index (Phi) is 4.23. The second-order valence-electron chi connectivity index (χ2n) is 5.77. The average Bonchev–Trinajstić information content (AvgIpc) is 2.80. The summed E-state index contributed by atoms with van der Waals surface area (Å²) in [6, 6.07) is 2.55. The zero-order chi connectivity index (χ0) is 12.3.